The fourth-order valence-electron chi connectivity index (χ4n) is 3.43. The Bertz CT molecular complexity index is 308. The SMILES string of the molecule is CC1CCN(CC(=O)N2CCCCC2C)CC1CN. The van der Waals surface area contributed by atoms with E-state index in [9.17, 15) is 4.79 Å². The molecule has 4 nitrogen and oxygen atoms in total. The Hall–Kier alpha value is -0.610. The van der Waals surface area contributed by atoms with Gasteiger partial charge in [-0.1, -0.05) is 6.92 Å². The second-order valence-corrected chi connectivity index (χ2v) is 6.43. The van der Waals surface area contributed by atoms with Crippen LogP contribution in [0.4, 0.5) is 0 Å². The number of piperidine rings is 2. The number of nitrogens with two attached hydrogens (primary N) is 1. The molecule has 2 saturated heterocycles. The monoisotopic (exact) mass is 267 g/mol. The molecule has 0 aromatic carbocycles. The summed E-state index contributed by atoms with van der Waals surface area (Å²) in [5, 5.41) is 0. The molecule has 2 heterocycles. The molecule has 0 saturated carbocycles. The molecule has 0 radical (unpaired) electrons. The molecular formula is C15H29N3O. The van der Waals surface area contributed by atoms with Crippen LogP contribution in [0.1, 0.15) is 39.5 Å². The van der Waals surface area contributed by atoms with Crippen LogP contribution in [-0.2, 0) is 4.79 Å². The topological polar surface area (TPSA) is 49.6 Å². The van der Waals surface area contributed by atoms with Crippen molar-refractivity contribution in [3.63, 3.8) is 0 Å². The van der Waals surface area contributed by atoms with E-state index in [0.29, 0.717) is 30.3 Å². The summed E-state index contributed by atoms with van der Waals surface area (Å²) in [6.07, 6.45) is 4.76. The second kappa shape index (κ2) is 6.71. The highest BCUT2D eigenvalue weighted by Crippen LogP contribution is 2.23. The first kappa shape index (κ1) is 14.8. The van der Waals surface area contributed by atoms with Crippen molar-refractivity contribution in [3.05, 3.63) is 0 Å². The fourth-order valence-corrected chi connectivity index (χ4v) is 3.43. The van der Waals surface area contributed by atoms with Crippen molar-refractivity contribution in [3.8, 4) is 0 Å². The Labute approximate surface area is 117 Å². The van der Waals surface area contributed by atoms with Crippen LogP contribution in [0.15, 0.2) is 0 Å². The van der Waals surface area contributed by atoms with Crippen LogP contribution >= 0.6 is 0 Å². The van der Waals surface area contributed by atoms with E-state index >= 15 is 0 Å². The predicted octanol–water partition coefficient (Wildman–Crippen LogP) is 1.30. The van der Waals surface area contributed by atoms with Gasteiger partial charge in [-0.2, -0.15) is 0 Å². The van der Waals surface area contributed by atoms with E-state index < -0.39 is 0 Å². The third-order valence-corrected chi connectivity index (χ3v) is 4.98. The summed E-state index contributed by atoms with van der Waals surface area (Å²) >= 11 is 0. The maximum absolute atomic E-state index is 12.4. The van der Waals surface area contributed by atoms with Crippen molar-refractivity contribution in [2.75, 3.05) is 32.7 Å². The predicted molar refractivity (Wildman–Crippen MR) is 77.8 cm³/mol. The average Bonchev–Trinajstić information content (AvgIpc) is 2.41. The van der Waals surface area contributed by atoms with Crippen LogP contribution < -0.4 is 5.73 Å². The maximum atomic E-state index is 12.4. The minimum atomic E-state index is 0.317. The third kappa shape index (κ3) is 3.69. The van der Waals surface area contributed by atoms with Gasteiger partial charge >= 0.3 is 0 Å². The van der Waals surface area contributed by atoms with Crippen molar-refractivity contribution >= 4 is 5.91 Å². The highest BCUT2D eigenvalue weighted by Gasteiger charge is 2.29. The molecule has 0 aromatic rings. The zero-order chi connectivity index (χ0) is 13.8. The lowest BCUT2D eigenvalue weighted by molar-refractivity contribution is -0.136. The molecule has 0 aliphatic carbocycles. The molecule has 1 amide bonds. The minimum Gasteiger partial charge on any atom is -0.339 e. The zero-order valence-electron chi connectivity index (χ0n) is 12.5. The number of hydrogen-bond acceptors (Lipinski definition) is 3. The molecule has 110 valence electrons. The molecule has 3 atom stereocenters. The Morgan fingerprint density at radius 2 is 2.00 bits per heavy atom. The van der Waals surface area contributed by atoms with Crippen molar-refractivity contribution in [1.29, 1.82) is 0 Å². The molecular weight excluding hydrogens is 238 g/mol. The molecule has 0 aromatic heterocycles. The Balaban J connectivity index is 1.85. The molecule has 0 spiro atoms. The number of rotatable bonds is 3. The van der Waals surface area contributed by atoms with Gasteiger partial charge in [-0.15, -0.1) is 0 Å². The normalized spacial score (nSPS) is 33.4. The number of nitrogens with zero attached hydrogens (tertiary/aromatic N) is 2. The first-order valence-electron chi connectivity index (χ1n) is 7.83. The van der Waals surface area contributed by atoms with E-state index in [-0.39, 0.29) is 0 Å². The van der Waals surface area contributed by atoms with Gasteiger partial charge in [-0.25, -0.2) is 0 Å². The molecule has 2 N–H and O–H groups in total. The molecule has 4 heteroatoms. The van der Waals surface area contributed by atoms with E-state index in [1.54, 1.807) is 0 Å². The lowest BCUT2D eigenvalue weighted by Crippen LogP contribution is -2.50. The zero-order valence-corrected chi connectivity index (χ0v) is 12.5. The van der Waals surface area contributed by atoms with Crippen molar-refractivity contribution in [2.45, 2.75) is 45.6 Å². The fraction of sp³-hybridized carbons (Fsp3) is 0.933. The van der Waals surface area contributed by atoms with E-state index in [1.807, 2.05) is 0 Å². The van der Waals surface area contributed by atoms with Crippen molar-refractivity contribution < 1.29 is 4.79 Å². The van der Waals surface area contributed by atoms with E-state index in [0.717, 1.165) is 32.6 Å². The van der Waals surface area contributed by atoms with Gasteiger partial charge in [-0.3, -0.25) is 9.69 Å². The second-order valence-electron chi connectivity index (χ2n) is 6.43. The van der Waals surface area contributed by atoms with Crippen LogP contribution in [0.25, 0.3) is 0 Å². The number of carbonyl (C=O) groups excluding carboxylic acids is 1. The molecule has 2 fully saturated rings. The van der Waals surface area contributed by atoms with Gasteiger partial charge in [0.15, 0.2) is 0 Å². The summed E-state index contributed by atoms with van der Waals surface area (Å²) in [5.41, 5.74) is 5.83. The Kier molecular flexibility index (Phi) is 5.22. The van der Waals surface area contributed by atoms with Gasteiger partial charge in [-0.05, 0) is 57.5 Å². The number of amides is 1. The van der Waals surface area contributed by atoms with Crippen LogP contribution in [0.5, 0.6) is 0 Å². The minimum absolute atomic E-state index is 0.317. The van der Waals surface area contributed by atoms with Crippen molar-refractivity contribution in [2.24, 2.45) is 17.6 Å². The van der Waals surface area contributed by atoms with Crippen LogP contribution in [-0.4, -0.2) is 54.5 Å². The van der Waals surface area contributed by atoms with E-state index in [4.69, 9.17) is 5.73 Å². The first-order chi connectivity index (χ1) is 9.11. The first-order valence-corrected chi connectivity index (χ1v) is 7.83. The van der Waals surface area contributed by atoms with Gasteiger partial charge in [0, 0.05) is 19.1 Å². The largest absolute Gasteiger partial charge is 0.339 e. The summed E-state index contributed by atoms with van der Waals surface area (Å²) in [4.78, 5) is 16.8. The van der Waals surface area contributed by atoms with Gasteiger partial charge in [0.1, 0.15) is 0 Å². The lowest BCUT2D eigenvalue weighted by Gasteiger charge is -2.39. The summed E-state index contributed by atoms with van der Waals surface area (Å²) in [6, 6.07) is 0.426. The van der Waals surface area contributed by atoms with E-state index in [2.05, 4.69) is 23.6 Å². The van der Waals surface area contributed by atoms with Crippen LogP contribution in [0, 0.1) is 11.8 Å². The quantitative estimate of drug-likeness (QED) is 0.838. The summed E-state index contributed by atoms with van der Waals surface area (Å²) in [6.45, 7) is 8.78. The summed E-state index contributed by atoms with van der Waals surface area (Å²) < 4.78 is 0. The Morgan fingerprint density at radius 3 is 2.68 bits per heavy atom. The maximum Gasteiger partial charge on any atom is 0.236 e. The average molecular weight is 267 g/mol. The molecule has 2 rings (SSSR count). The van der Waals surface area contributed by atoms with Crippen LogP contribution in [0.3, 0.4) is 0 Å². The summed E-state index contributed by atoms with van der Waals surface area (Å²) in [7, 11) is 0. The number of carbonyl (C=O) groups is 1. The van der Waals surface area contributed by atoms with Gasteiger partial charge in [0.25, 0.3) is 0 Å². The number of hydrogen-bond donors (Lipinski definition) is 1. The van der Waals surface area contributed by atoms with Gasteiger partial charge in [0.05, 0.1) is 6.54 Å². The molecule has 3 unspecified atom stereocenters. The van der Waals surface area contributed by atoms with E-state index in [1.165, 1.54) is 19.3 Å². The Morgan fingerprint density at radius 1 is 1.21 bits per heavy atom. The standard InChI is InChI=1S/C15H29N3O/c1-12-6-8-17(10-14(12)9-16)11-15(19)18-7-4-3-5-13(18)2/h12-14H,3-11,16H2,1-2H3. The summed E-state index contributed by atoms with van der Waals surface area (Å²) in [5.74, 6) is 1.57. The highest BCUT2D eigenvalue weighted by atomic mass is 16.2. The lowest BCUT2D eigenvalue weighted by atomic mass is 9.87. The highest BCUT2D eigenvalue weighted by molar-refractivity contribution is 5.78. The number of likely N-dealkylation sites (tertiary alicyclic amines) is 2. The van der Waals surface area contributed by atoms with Gasteiger partial charge in [0.2, 0.25) is 5.91 Å². The molecule has 0 bridgehead atoms. The molecule has 2 aliphatic heterocycles. The van der Waals surface area contributed by atoms with Crippen LogP contribution in [0.2, 0.25) is 0 Å². The third-order valence-electron chi connectivity index (χ3n) is 4.98. The van der Waals surface area contributed by atoms with Gasteiger partial charge < -0.3 is 10.6 Å². The molecule has 2 aliphatic rings. The van der Waals surface area contributed by atoms with Crippen molar-refractivity contribution in [1.82, 2.24) is 9.80 Å². The molecule has 19 heavy (non-hydrogen) atoms. The smallest absolute Gasteiger partial charge is 0.236 e.